The lowest BCUT2D eigenvalue weighted by molar-refractivity contribution is -0.124. The van der Waals surface area contributed by atoms with E-state index < -0.39 is 0 Å². The van der Waals surface area contributed by atoms with Crippen LogP contribution in [-0.2, 0) is 4.79 Å². The Labute approximate surface area is 125 Å². The van der Waals surface area contributed by atoms with Crippen molar-refractivity contribution in [2.45, 2.75) is 27.7 Å². The van der Waals surface area contributed by atoms with Gasteiger partial charge in [0.05, 0.1) is 16.3 Å². The number of hydrogen-bond acceptors (Lipinski definition) is 4. The normalized spacial score (nSPS) is 24.2. The van der Waals surface area contributed by atoms with Gasteiger partial charge >= 0.3 is 0 Å². The Kier molecular flexibility index (Phi) is 4.28. The van der Waals surface area contributed by atoms with Crippen molar-refractivity contribution in [2.75, 3.05) is 25.9 Å². The number of carbonyl (C=O) groups excluding carboxylic acids is 1. The molecule has 110 valence electrons. The standard InChI is InChI=1S/C15H23N3OS/c1-6-18-9-10-20-12(18)8-7-11-13(15(2,3)4)16-17(5)14(11)19/h7-8H,6,9-10H2,1-5H3/b11-7+,12-8+. The van der Waals surface area contributed by atoms with Crippen LogP contribution in [0.25, 0.3) is 0 Å². The third-order valence-corrected chi connectivity index (χ3v) is 4.51. The van der Waals surface area contributed by atoms with E-state index in [0.29, 0.717) is 0 Å². The van der Waals surface area contributed by atoms with Crippen LogP contribution in [0.1, 0.15) is 27.7 Å². The number of allylic oxidation sites excluding steroid dienone is 2. The molecule has 0 unspecified atom stereocenters. The predicted octanol–water partition coefficient (Wildman–Crippen LogP) is 2.70. The average Bonchev–Trinajstić information content (AvgIpc) is 2.93. The number of likely N-dealkylation sites (N-methyl/N-ethyl adjacent to an activating group) is 1. The van der Waals surface area contributed by atoms with Crippen LogP contribution in [-0.4, -0.2) is 47.4 Å². The molecule has 1 saturated heterocycles. The van der Waals surface area contributed by atoms with Crippen molar-refractivity contribution >= 4 is 23.4 Å². The fourth-order valence-corrected chi connectivity index (χ4v) is 3.40. The first-order chi connectivity index (χ1) is 9.34. The molecule has 0 saturated carbocycles. The van der Waals surface area contributed by atoms with Crippen LogP contribution in [0.15, 0.2) is 27.9 Å². The fourth-order valence-electron chi connectivity index (χ4n) is 2.31. The van der Waals surface area contributed by atoms with Crippen LogP contribution in [0.5, 0.6) is 0 Å². The number of thioether (sulfide) groups is 1. The predicted molar refractivity (Wildman–Crippen MR) is 85.5 cm³/mol. The van der Waals surface area contributed by atoms with Crippen molar-refractivity contribution in [3.05, 3.63) is 22.8 Å². The molecule has 0 aromatic heterocycles. The molecule has 2 aliphatic heterocycles. The van der Waals surface area contributed by atoms with Crippen LogP contribution < -0.4 is 0 Å². The first kappa shape index (κ1) is 15.2. The van der Waals surface area contributed by atoms with Gasteiger partial charge < -0.3 is 4.90 Å². The summed E-state index contributed by atoms with van der Waals surface area (Å²) < 4.78 is 0. The van der Waals surface area contributed by atoms with E-state index in [-0.39, 0.29) is 11.3 Å². The Bertz CT molecular complexity index is 500. The molecule has 5 heteroatoms. The maximum atomic E-state index is 12.2. The largest absolute Gasteiger partial charge is 0.366 e. The summed E-state index contributed by atoms with van der Waals surface area (Å²) in [6.45, 7) is 10.5. The van der Waals surface area contributed by atoms with Gasteiger partial charge in [0, 0.05) is 31.3 Å². The zero-order valence-electron chi connectivity index (χ0n) is 12.9. The second kappa shape index (κ2) is 5.64. The van der Waals surface area contributed by atoms with Gasteiger partial charge in [0.1, 0.15) is 0 Å². The van der Waals surface area contributed by atoms with Gasteiger partial charge in [-0.1, -0.05) is 20.8 Å². The second-order valence-electron chi connectivity index (χ2n) is 6.04. The van der Waals surface area contributed by atoms with Gasteiger partial charge in [-0.05, 0) is 19.1 Å². The van der Waals surface area contributed by atoms with Crippen LogP contribution in [0.4, 0.5) is 0 Å². The first-order valence-corrected chi connectivity index (χ1v) is 8.00. The minimum atomic E-state index is -0.127. The number of hydrogen-bond donors (Lipinski definition) is 0. The maximum absolute atomic E-state index is 12.2. The Morgan fingerprint density at radius 3 is 2.65 bits per heavy atom. The fraction of sp³-hybridized carbons (Fsp3) is 0.600. The van der Waals surface area contributed by atoms with Crippen molar-refractivity contribution in [1.82, 2.24) is 9.91 Å². The Morgan fingerprint density at radius 1 is 1.35 bits per heavy atom. The molecule has 1 fully saturated rings. The third kappa shape index (κ3) is 2.92. The van der Waals surface area contributed by atoms with E-state index in [0.717, 1.165) is 30.1 Å². The van der Waals surface area contributed by atoms with Crippen LogP contribution in [0.2, 0.25) is 0 Å². The molecule has 0 spiro atoms. The van der Waals surface area contributed by atoms with Crippen LogP contribution >= 0.6 is 11.8 Å². The van der Waals surface area contributed by atoms with Crippen LogP contribution in [0.3, 0.4) is 0 Å². The van der Waals surface area contributed by atoms with Crippen molar-refractivity contribution < 1.29 is 4.79 Å². The number of carbonyl (C=O) groups is 1. The average molecular weight is 293 g/mol. The Balaban J connectivity index is 2.30. The molecule has 0 bridgehead atoms. The number of hydrazone groups is 1. The molecular weight excluding hydrogens is 270 g/mol. The summed E-state index contributed by atoms with van der Waals surface area (Å²) in [4.78, 5) is 14.5. The van der Waals surface area contributed by atoms with Crippen molar-refractivity contribution in [1.29, 1.82) is 0 Å². The summed E-state index contributed by atoms with van der Waals surface area (Å²) >= 11 is 1.85. The first-order valence-electron chi connectivity index (χ1n) is 7.02. The Morgan fingerprint density at radius 2 is 2.05 bits per heavy atom. The molecular formula is C15H23N3OS. The molecule has 2 heterocycles. The van der Waals surface area contributed by atoms with Gasteiger partial charge in [0.15, 0.2) is 0 Å². The SMILES string of the molecule is CCN1CCS/C1=C/C=C1/C(=O)N(C)N=C1C(C)(C)C. The molecule has 1 amide bonds. The van der Waals surface area contributed by atoms with E-state index in [1.165, 1.54) is 10.0 Å². The smallest absolute Gasteiger partial charge is 0.275 e. The van der Waals surface area contributed by atoms with Gasteiger partial charge in [-0.3, -0.25) is 4.79 Å². The van der Waals surface area contributed by atoms with Gasteiger partial charge in [0.2, 0.25) is 0 Å². The van der Waals surface area contributed by atoms with E-state index in [4.69, 9.17) is 0 Å². The lowest BCUT2D eigenvalue weighted by Crippen LogP contribution is -2.23. The second-order valence-corrected chi connectivity index (χ2v) is 7.16. The molecule has 0 aliphatic carbocycles. The van der Waals surface area contributed by atoms with Crippen molar-refractivity contribution in [2.24, 2.45) is 10.5 Å². The lowest BCUT2D eigenvalue weighted by atomic mass is 9.85. The number of amides is 1. The molecule has 2 aliphatic rings. The molecule has 20 heavy (non-hydrogen) atoms. The summed E-state index contributed by atoms with van der Waals surface area (Å²) in [7, 11) is 1.71. The van der Waals surface area contributed by atoms with Crippen molar-refractivity contribution in [3.8, 4) is 0 Å². The number of nitrogens with zero attached hydrogens (tertiary/aromatic N) is 3. The molecule has 0 N–H and O–H groups in total. The molecule has 4 nitrogen and oxygen atoms in total. The topological polar surface area (TPSA) is 35.9 Å². The minimum Gasteiger partial charge on any atom is -0.366 e. The highest BCUT2D eigenvalue weighted by atomic mass is 32.2. The summed E-state index contributed by atoms with van der Waals surface area (Å²) in [6, 6.07) is 0. The number of rotatable bonds is 2. The highest BCUT2D eigenvalue weighted by Crippen LogP contribution is 2.30. The molecule has 0 atom stereocenters. The zero-order valence-corrected chi connectivity index (χ0v) is 13.8. The summed E-state index contributed by atoms with van der Waals surface area (Å²) in [5.41, 5.74) is 1.46. The zero-order chi connectivity index (χ0) is 14.9. The Hall–Kier alpha value is -1.23. The van der Waals surface area contributed by atoms with E-state index >= 15 is 0 Å². The minimum absolute atomic E-state index is 0.0159. The highest BCUT2D eigenvalue weighted by molar-refractivity contribution is 8.03. The summed E-state index contributed by atoms with van der Waals surface area (Å²) in [5.74, 6) is 1.11. The summed E-state index contributed by atoms with van der Waals surface area (Å²) in [5, 5.41) is 7.07. The van der Waals surface area contributed by atoms with Gasteiger partial charge in [-0.25, -0.2) is 5.01 Å². The molecule has 0 aromatic rings. The van der Waals surface area contributed by atoms with E-state index in [1.54, 1.807) is 7.05 Å². The van der Waals surface area contributed by atoms with Crippen LogP contribution in [0, 0.1) is 5.41 Å². The highest BCUT2D eigenvalue weighted by Gasteiger charge is 2.34. The maximum Gasteiger partial charge on any atom is 0.275 e. The monoisotopic (exact) mass is 293 g/mol. The molecule has 0 radical (unpaired) electrons. The van der Waals surface area contributed by atoms with E-state index in [1.807, 2.05) is 17.8 Å². The van der Waals surface area contributed by atoms with E-state index in [9.17, 15) is 4.79 Å². The van der Waals surface area contributed by atoms with Gasteiger partial charge in [0.25, 0.3) is 5.91 Å². The van der Waals surface area contributed by atoms with Gasteiger partial charge in [-0.15, -0.1) is 11.8 Å². The molecule has 0 aromatic carbocycles. The third-order valence-electron chi connectivity index (χ3n) is 3.44. The van der Waals surface area contributed by atoms with E-state index in [2.05, 4.69) is 43.8 Å². The molecule has 2 rings (SSSR count). The lowest BCUT2D eigenvalue weighted by Gasteiger charge is -2.18. The van der Waals surface area contributed by atoms with Crippen molar-refractivity contribution in [3.63, 3.8) is 0 Å². The quantitative estimate of drug-likeness (QED) is 0.734. The van der Waals surface area contributed by atoms with Gasteiger partial charge in [-0.2, -0.15) is 5.10 Å². The summed E-state index contributed by atoms with van der Waals surface area (Å²) in [6.07, 6.45) is 4.00.